The Balaban J connectivity index is 1.24. The van der Waals surface area contributed by atoms with Crippen LogP contribution in [0.4, 0.5) is 11.8 Å². The second-order valence-electron chi connectivity index (χ2n) is 9.92. The lowest BCUT2D eigenvalue weighted by molar-refractivity contribution is 0.0943. The highest BCUT2D eigenvalue weighted by Gasteiger charge is 2.22. The standard InChI is InChI=1S/C29H37N5O2/c1-20-16-24(17-21(2)27(20)36-19-23-8-6-5-7-9-23)28(35)31-18-22-10-12-25(13-11-22)32-29-30-15-14-26(33-29)34(3)4/h5-9,14-17,22,25H,10-13,18-19H2,1-4H3,(H,31,35)(H,30,32,33). The van der Waals surface area contributed by atoms with Gasteiger partial charge in [-0.2, -0.15) is 4.98 Å². The Kier molecular flexibility index (Phi) is 8.41. The van der Waals surface area contributed by atoms with E-state index in [0.29, 0.717) is 36.6 Å². The van der Waals surface area contributed by atoms with Gasteiger partial charge < -0.3 is 20.3 Å². The van der Waals surface area contributed by atoms with Crippen molar-refractivity contribution in [2.45, 2.75) is 52.2 Å². The van der Waals surface area contributed by atoms with Gasteiger partial charge in [-0.1, -0.05) is 30.3 Å². The normalized spacial score (nSPS) is 17.3. The van der Waals surface area contributed by atoms with Crippen LogP contribution in [-0.4, -0.2) is 42.6 Å². The molecule has 4 rings (SSSR count). The average Bonchev–Trinajstić information content (AvgIpc) is 2.88. The molecular formula is C29H37N5O2. The second kappa shape index (κ2) is 11.9. The molecule has 2 aromatic carbocycles. The van der Waals surface area contributed by atoms with Gasteiger partial charge in [0.25, 0.3) is 5.91 Å². The van der Waals surface area contributed by atoms with Gasteiger partial charge in [0.15, 0.2) is 0 Å². The summed E-state index contributed by atoms with van der Waals surface area (Å²) in [7, 11) is 3.95. The third-order valence-corrected chi connectivity index (χ3v) is 6.78. The summed E-state index contributed by atoms with van der Waals surface area (Å²) in [5, 5.41) is 6.63. The van der Waals surface area contributed by atoms with E-state index in [-0.39, 0.29) is 5.91 Å². The highest BCUT2D eigenvalue weighted by atomic mass is 16.5. The largest absolute Gasteiger partial charge is 0.488 e. The van der Waals surface area contributed by atoms with Crippen LogP contribution in [0.3, 0.4) is 0 Å². The number of benzene rings is 2. The number of carbonyl (C=O) groups is 1. The van der Waals surface area contributed by atoms with E-state index in [1.165, 1.54) is 0 Å². The fraction of sp³-hybridized carbons (Fsp3) is 0.414. The molecule has 0 bridgehead atoms. The SMILES string of the molecule is Cc1cc(C(=O)NCC2CCC(Nc3nccc(N(C)C)n3)CC2)cc(C)c1OCc1ccccc1. The molecule has 1 aliphatic carbocycles. The second-order valence-corrected chi connectivity index (χ2v) is 9.92. The molecule has 0 aliphatic heterocycles. The number of hydrogen-bond donors (Lipinski definition) is 2. The Morgan fingerprint density at radius 3 is 2.39 bits per heavy atom. The van der Waals surface area contributed by atoms with Gasteiger partial charge in [0.05, 0.1) is 0 Å². The van der Waals surface area contributed by atoms with Crippen molar-refractivity contribution in [3.63, 3.8) is 0 Å². The molecule has 36 heavy (non-hydrogen) atoms. The molecule has 1 heterocycles. The van der Waals surface area contributed by atoms with Gasteiger partial charge in [0.1, 0.15) is 18.2 Å². The molecule has 1 fully saturated rings. The van der Waals surface area contributed by atoms with Crippen LogP contribution in [0, 0.1) is 19.8 Å². The summed E-state index contributed by atoms with van der Waals surface area (Å²) in [6, 6.07) is 16.2. The monoisotopic (exact) mass is 487 g/mol. The van der Waals surface area contributed by atoms with Crippen molar-refractivity contribution in [3.05, 3.63) is 77.0 Å². The summed E-state index contributed by atoms with van der Waals surface area (Å²) in [5.74, 6) is 2.88. The highest BCUT2D eigenvalue weighted by molar-refractivity contribution is 5.94. The first-order valence-corrected chi connectivity index (χ1v) is 12.7. The van der Waals surface area contributed by atoms with Crippen molar-refractivity contribution >= 4 is 17.7 Å². The Hall–Kier alpha value is -3.61. The van der Waals surface area contributed by atoms with Crippen LogP contribution < -0.4 is 20.3 Å². The predicted molar refractivity (Wildman–Crippen MR) is 145 cm³/mol. The minimum Gasteiger partial charge on any atom is -0.488 e. The van der Waals surface area contributed by atoms with Crippen molar-refractivity contribution in [2.24, 2.45) is 5.92 Å². The van der Waals surface area contributed by atoms with Crippen LogP contribution in [0.1, 0.15) is 52.7 Å². The Labute approximate surface area is 214 Å². The summed E-state index contributed by atoms with van der Waals surface area (Å²) >= 11 is 0. The van der Waals surface area contributed by atoms with Gasteiger partial charge in [0, 0.05) is 38.4 Å². The van der Waals surface area contributed by atoms with Gasteiger partial charge in [-0.05, 0) is 80.3 Å². The third-order valence-electron chi connectivity index (χ3n) is 6.78. The fourth-order valence-electron chi connectivity index (χ4n) is 4.74. The molecule has 190 valence electrons. The highest BCUT2D eigenvalue weighted by Crippen LogP contribution is 2.27. The maximum atomic E-state index is 12.9. The molecule has 1 amide bonds. The van der Waals surface area contributed by atoms with Crippen molar-refractivity contribution in [1.29, 1.82) is 0 Å². The predicted octanol–water partition coefficient (Wildman–Crippen LogP) is 5.14. The first-order valence-electron chi connectivity index (χ1n) is 12.7. The number of carbonyl (C=O) groups excluding carboxylic acids is 1. The number of anilines is 2. The molecule has 0 atom stereocenters. The number of aryl methyl sites for hydroxylation is 2. The average molecular weight is 488 g/mol. The summed E-state index contributed by atoms with van der Waals surface area (Å²) in [6.07, 6.45) is 6.01. The molecular weight excluding hydrogens is 450 g/mol. The molecule has 3 aromatic rings. The summed E-state index contributed by atoms with van der Waals surface area (Å²) in [4.78, 5) is 23.8. The van der Waals surface area contributed by atoms with E-state index < -0.39 is 0 Å². The van der Waals surface area contributed by atoms with E-state index in [9.17, 15) is 4.79 Å². The van der Waals surface area contributed by atoms with Crippen LogP contribution in [0.15, 0.2) is 54.7 Å². The Morgan fingerprint density at radius 1 is 1.03 bits per heavy atom. The first kappa shape index (κ1) is 25.5. The van der Waals surface area contributed by atoms with Crippen molar-refractivity contribution in [2.75, 3.05) is 30.9 Å². The van der Waals surface area contributed by atoms with E-state index in [0.717, 1.165) is 53.9 Å². The zero-order valence-corrected chi connectivity index (χ0v) is 21.8. The summed E-state index contributed by atoms with van der Waals surface area (Å²) in [6.45, 7) is 5.20. The van der Waals surface area contributed by atoms with Crippen LogP contribution >= 0.6 is 0 Å². The smallest absolute Gasteiger partial charge is 0.251 e. The molecule has 1 saturated carbocycles. The lowest BCUT2D eigenvalue weighted by atomic mass is 9.86. The van der Waals surface area contributed by atoms with Crippen molar-refractivity contribution < 1.29 is 9.53 Å². The van der Waals surface area contributed by atoms with E-state index in [1.807, 2.05) is 81.4 Å². The number of aromatic nitrogens is 2. The number of ether oxygens (including phenoxy) is 1. The number of nitrogens with zero attached hydrogens (tertiary/aromatic N) is 3. The van der Waals surface area contributed by atoms with Crippen LogP contribution in [0.25, 0.3) is 0 Å². The van der Waals surface area contributed by atoms with E-state index in [2.05, 4.69) is 20.6 Å². The van der Waals surface area contributed by atoms with Gasteiger partial charge in [-0.3, -0.25) is 4.79 Å². The minimum atomic E-state index is -0.0232. The first-order chi connectivity index (χ1) is 17.4. The topological polar surface area (TPSA) is 79.4 Å². The van der Waals surface area contributed by atoms with Gasteiger partial charge in [-0.15, -0.1) is 0 Å². The summed E-state index contributed by atoms with van der Waals surface area (Å²) < 4.78 is 6.07. The van der Waals surface area contributed by atoms with Gasteiger partial charge in [0.2, 0.25) is 5.95 Å². The molecule has 0 spiro atoms. The Bertz CT molecular complexity index is 1130. The molecule has 1 aromatic heterocycles. The maximum Gasteiger partial charge on any atom is 0.251 e. The van der Waals surface area contributed by atoms with E-state index >= 15 is 0 Å². The van der Waals surface area contributed by atoms with Gasteiger partial charge >= 0.3 is 0 Å². The number of hydrogen-bond acceptors (Lipinski definition) is 6. The molecule has 2 N–H and O–H groups in total. The van der Waals surface area contributed by atoms with Crippen molar-refractivity contribution in [1.82, 2.24) is 15.3 Å². The number of nitrogens with one attached hydrogen (secondary N) is 2. The maximum absolute atomic E-state index is 12.9. The van der Waals surface area contributed by atoms with Crippen LogP contribution in [0.2, 0.25) is 0 Å². The van der Waals surface area contributed by atoms with Crippen LogP contribution in [0.5, 0.6) is 5.75 Å². The van der Waals surface area contributed by atoms with E-state index in [4.69, 9.17) is 4.74 Å². The lowest BCUT2D eigenvalue weighted by Crippen LogP contribution is -2.34. The zero-order valence-electron chi connectivity index (χ0n) is 21.8. The molecule has 7 nitrogen and oxygen atoms in total. The number of amides is 1. The fourth-order valence-corrected chi connectivity index (χ4v) is 4.74. The molecule has 0 radical (unpaired) electrons. The third kappa shape index (κ3) is 6.74. The van der Waals surface area contributed by atoms with Crippen molar-refractivity contribution in [3.8, 4) is 5.75 Å². The number of rotatable bonds is 9. The quantitative estimate of drug-likeness (QED) is 0.435. The lowest BCUT2D eigenvalue weighted by Gasteiger charge is -2.29. The minimum absolute atomic E-state index is 0.0232. The molecule has 7 heteroatoms. The van der Waals surface area contributed by atoms with Crippen LogP contribution in [-0.2, 0) is 6.61 Å². The Morgan fingerprint density at radius 2 is 1.72 bits per heavy atom. The molecule has 0 saturated heterocycles. The molecule has 1 aliphatic rings. The van der Waals surface area contributed by atoms with Gasteiger partial charge in [-0.25, -0.2) is 4.98 Å². The summed E-state index contributed by atoms with van der Waals surface area (Å²) in [5.41, 5.74) is 3.76. The van der Waals surface area contributed by atoms with E-state index in [1.54, 1.807) is 6.20 Å². The zero-order chi connectivity index (χ0) is 25.5. The molecule has 0 unspecified atom stereocenters.